The third-order valence-electron chi connectivity index (χ3n) is 2.51. The van der Waals surface area contributed by atoms with E-state index in [-0.39, 0.29) is 5.69 Å². The van der Waals surface area contributed by atoms with Crippen molar-refractivity contribution in [2.75, 3.05) is 18.9 Å². The maximum Gasteiger partial charge on any atom is 0.313 e. The summed E-state index contributed by atoms with van der Waals surface area (Å²) in [6, 6.07) is 5.73. The zero-order valence-corrected chi connectivity index (χ0v) is 10.6. The summed E-state index contributed by atoms with van der Waals surface area (Å²) in [4.78, 5) is 24.6. The van der Waals surface area contributed by atoms with Crippen LogP contribution in [0, 0.1) is 5.82 Å². The van der Waals surface area contributed by atoms with Gasteiger partial charge in [-0.3, -0.25) is 9.59 Å². The largest absolute Gasteiger partial charge is 0.338 e. The highest BCUT2D eigenvalue weighted by atomic mass is 19.1. The number of hydrogen-bond donors (Lipinski definition) is 1. The zero-order chi connectivity index (χ0) is 13.5. The smallest absolute Gasteiger partial charge is 0.313 e. The van der Waals surface area contributed by atoms with Crippen LogP contribution in [0.15, 0.2) is 24.3 Å². The van der Waals surface area contributed by atoms with Crippen LogP contribution in [0.4, 0.5) is 10.1 Å². The quantitative estimate of drug-likeness (QED) is 0.833. The Bertz CT molecular complexity index is 435. The number of halogens is 1. The summed E-state index contributed by atoms with van der Waals surface area (Å²) in [7, 11) is 1.55. The normalized spacial score (nSPS) is 9.94. The molecule has 18 heavy (non-hydrogen) atoms. The number of carbonyl (C=O) groups is 2. The molecule has 1 aromatic carbocycles. The fraction of sp³-hybridized carbons (Fsp3) is 0.385. The average molecular weight is 252 g/mol. The van der Waals surface area contributed by atoms with Crippen molar-refractivity contribution in [1.82, 2.24) is 4.90 Å². The van der Waals surface area contributed by atoms with E-state index in [9.17, 15) is 14.0 Å². The Hall–Kier alpha value is -1.91. The summed E-state index contributed by atoms with van der Waals surface area (Å²) in [5, 5.41) is 2.26. The Morgan fingerprint density at radius 3 is 2.61 bits per heavy atom. The first-order chi connectivity index (χ1) is 8.56. The molecule has 1 rings (SSSR count). The first kappa shape index (κ1) is 14.2. The Morgan fingerprint density at radius 1 is 1.33 bits per heavy atom. The van der Waals surface area contributed by atoms with Crippen molar-refractivity contribution >= 4 is 17.5 Å². The molecule has 0 aliphatic heterocycles. The average Bonchev–Trinajstić information content (AvgIpc) is 2.37. The summed E-state index contributed by atoms with van der Waals surface area (Å²) in [5.74, 6) is -2.04. The van der Waals surface area contributed by atoms with Gasteiger partial charge in [0.2, 0.25) is 0 Å². The van der Waals surface area contributed by atoms with Gasteiger partial charge in [-0.15, -0.1) is 0 Å². The predicted molar refractivity (Wildman–Crippen MR) is 67.6 cm³/mol. The molecule has 0 spiro atoms. The number of unbranched alkanes of at least 4 members (excludes halogenated alkanes) is 1. The van der Waals surface area contributed by atoms with Crippen LogP contribution in [0.1, 0.15) is 19.8 Å². The molecule has 2 amide bonds. The minimum atomic E-state index is -0.821. The standard InChI is InChI=1S/C13H17FN2O2/c1-3-4-9-16(2)13(18)12(17)15-11-8-6-5-7-10(11)14/h5-8H,3-4,9H2,1-2H3,(H,15,17). The monoisotopic (exact) mass is 252 g/mol. The molecule has 0 unspecified atom stereocenters. The maximum absolute atomic E-state index is 13.3. The van der Waals surface area contributed by atoms with E-state index in [1.807, 2.05) is 6.92 Å². The Labute approximate surface area is 106 Å². The summed E-state index contributed by atoms with van der Waals surface area (Å²) in [6.07, 6.45) is 1.77. The Balaban J connectivity index is 2.60. The number of carbonyl (C=O) groups excluding carboxylic acids is 2. The van der Waals surface area contributed by atoms with Gasteiger partial charge in [0, 0.05) is 13.6 Å². The molecule has 0 aromatic heterocycles. The summed E-state index contributed by atoms with van der Waals surface area (Å²) in [6.45, 7) is 2.51. The minimum Gasteiger partial charge on any atom is -0.338 e. The van der Waals surface area contributed by atoms with E-state index in [2.05, 4.69) is 5.32 Å². The number of nitrogens with one attached hydrogen (secondary N) is 1. The first-order valence-corrected chi connectivity index (χ1v) is 5.87. The van der Waals surface area contributed by atoms with Crippen molar-refractivity contribution in [3.63, 3.8) is 0 Å². The molecule has 0 aliphatic carbocycles. The number of nitrogens with zero attached hydrogens (tertiary/aromatic N) is 1. The highest BCUT2D eigenvalue weighted by Crippen LogP contribution is 2.12. The topological polar surface area (TPSA) is 49.4 Å². The van der Waals surface area contributed by atoms with Gasteiger partial charge in [0.1, 0.15) is 5.82 Å². The van der Waals surface area contributed by atoms with Gasteiger partial charge in [-0.1, -0.05) is 25.5 Å². The molecule has 0 aliphatic rings. The molecular weight excluding hydrogens is 235 g/mol. The predicted octanol–water partition coefficient (Wildman–Crippen LogP) is 2.02. The molecule has 5 heteroatoms. The summed E-state index contributed by atoms with van der Waals surface area (Å²) in [5.41, 5.74) is 0.0136. The Morgan fingerprint density at radius 2 is 2.00 bits per heavy atom. The molecule has 4 nitrogen and oxygen atoms in total. The fourth-order valence-electron chi connectivity index (χ4n) is 1.41. The van der Waals surface area contributed by atoms with Crippen LogP contribution >= 0.6 is 0 Å². The van der Waals surface area contributed by atoms with Gasteiger partial charge >= 0.3 is 11.8 Å². The molecule has 0 saturated heterocycles. The number of hydrogen-bond acceptors (Lipinski definition) is 2. The SMILES string of the molecule is CCCCN(C)C(=O)C(=O)Nc1ccccc1F. The number of anilines is 1. The van der Waals surface area contributed by atoms with Crippen LogP contribution in [-0.4, -0.2) is 30.3 Å². The van der Waals surface area contributed by atoms with Crippen LogP contribution in [0.3, 0.4) is 0 Å². The lowest BCUT2D eigenvalue weighted by Crippen LogP contribution is -2.37. The van der Waals surface area contributed by atoms with E-state index in [0.717, 1.165) is 12.8 Å². The molecular formula is C13H17FN2O2. The van der Waals surface area contributed by atoms with Crippen LogP contribution < -0.4 is 5.32 Å². The van der Waals surface area contributed by atoms with Crippen molar-refractivity contribution < 1.29 is 14.0 Å². The van der Waals surface area contributed by atoms with Crippen molar-refractivity contribution in [1.29, 1.82) is 0 Å². The van der Waals surface area contributed by atoms with E-state index in [4.69, 9.17) is 0 Å². The number of likely N-dealkylation sites (N-methyl/N-ethyl adjacent to an activating group) is 1. The van der Waals surface area contributed by atoms with Gasteiger partial charge in [-0.2, -0.15) is 0 Å². The molecule has 0 heterocycles. The lowest BCUT2D eigenvalue weighted by molar-refractivity contribution is -0.142. The molecule has 0 bridgehead atoms. The third-order valence-corrected chi connectivity index (χ3v) is 2.51. The van der Waals surface area contributed by atoms with Crippen LogP contribution in [0.25, 0.3) is 0 Å². The first-order valence-electron chi connectivity index (χ1n) is 5.87. The van der Waals surface area contributed by atoms with E-state index in [1.165, 1.54) is 23.1 Å². The lowest BCUT2D eigenvalue weighted by Gasteiger charge is -2.16. The molecule has 98 valence electrons. The molecule has 1 aromatic rings. The van der Waals surface area contributed by atoms with E-state index in [1.54, 1.807) is 13.1 Å². The number of benzene rings is 1. The van der Waals surface area contributed by atoms with Gasteiger partial charge in [-0.25, -0.2) is 4.39 Å². The molecule has 0 radical (unpaired) electrons. The fourth-order valence-corrected chi connectivity index (χ4v) is 1.41. The van der Waals surface area contributed by atoms with E-state index >= 15 is 0 Å². The molecule has 0 fully saturated rings. The maximum atomic E-state index is 13.3. The van der Waals surface area contributed by atoms with Gasteiger partial charge in [0.05, 0.1) is 5.69 Å². The highest BCUT2D eigenvalue weighted by Gasteiger charge is 2.19. The van der Waals surface area contributed by atoms with Gasteiger partial charge in [0.25, 0.3) is 0 Å². The summed E-state index contributed by atoms with van der Waals surface area (Å²) >= 11 is 0. The number of para-hydroxylation sites is 1. The van der Waals surface area contributed by atoms with Gasteiger partial charge in [0.15, 0.2) is 0 Å². The van der Waals surface area contributed by atoms with E-state index in [0.29, 0.717) is 6.54 Å². The lowest BCUT2D eigenvalue weighted by atomic mass is 10.3. The van der Waals surface area contributed by atoms with Crippen molar-refractivity contribution in [2.45, 2.75) is 19.8 Å². The zero-order valence-electron chi connectivity index (χ0n) is 10.6. The van der Waals surface area contributed by atoms with Crippen molar-refractivity contribution in [3.8, 4) is 0 Å². The summed E-state index contributed by atoms with van der Waals surface area (Å²) < 4.78 is 13.3. The second-order valence-corrected chi connectivity index (χ2v) is 4.01. The number of rotatable bonds is 4. The second-order valence-electron chi connectivity index (χ2n) is 4.01. The Kier molecular flexibility index (Phi) is 5.30. The highest BCUT2D eigenvalue weighted by molar-refractivity contribution is 6.39. The third kappa shape index (κ3) is 3.84. The van der Waals surface area contributed by atoms with E-state index < -0.39 is 17.6 Å². The molecule has 0 atom stereocenters. The van der Waals surface area contributed by atoms with Crippen LogP contribution in [-0.2, 0) is 9.59 Å². The minimum absolute atomic E-state index is 0.0136. The van der Waals surface area contributed by atoms with Crippen LogP contribution in [0.2, 0.25) is 0 Å². The second kappa shape index (κ2) is 6.74. The number of amides is 2. The van der Waals surface area contributed by atoms with Crippen molar-refractivity contribution in [2.24, 2.45) is 0 Å². The van der Waals surface area contributed by atoms with Crippen molar-refractivity contribution in [3.05, 3.63) is 30.1 Å². The molecule has 1 N–H and O–H groups in total. The molecule has 0 saturated carbocycles. The van der Waals surface area contributed by atoms with Gasteiger partial charge in [-0.05, 0) is 18.6 Å². The van der Waals surface area contributed by atoms with Crippen LogP contribution in [0.5, 0.6) is 0 Å². The van der Waals surface area contributed by atoms with Gasteiger partial charge < -0.3 is 10.2 Å².